The first-order valence-corrected chi connectivity index (χ1v) is 6.86. The Balaban J connectivity index is 2.39. The van der Waals surface area contributed by atoms with E-state index < -0.39 is 0 Å². The molecule has 0 fully saturated rings. The monoisotopic (exact) mass is 259 g/mol. The smallest absolute Gasteiger partial charge is 0.338 e. The van der Waals surface area contributed by atoms with E-state index in [1.54, 1.807) is 24.3 Å². The predicted molar refractivity (Wildman–Crippen MR) is 76.3 cm³/mol. The van der Waals surface area contributed by atoms with Crippen LogP contribution in [0.2, 0.25) is 0 Å². The minimum absolute atomic E-state index is 0.0510. The van der Waals surface area contributed by atoms with E-state index in [9.17, 15) is 4.79 Å². The molecule has 1 rings (SSSR count). The number of nitrogens with zero attached hydrogens (tertiary/aromatic N) is 1. The fourth-order valence-corrected chi connectivity index (χ4v) is 1.84. The number of ether oxygens (including phenoxy) is 1. The summed E-state index contributed by atoms with van der Waals surface area (Å²) in [5, 5.41) is 0. The average Bonchev–Trinajstić information content (AvgIpc) is 2.43. The largest absolute Gasteiger partial charge is 0.459 e. The standard InChI is InChI=1S/C16H21NO2/c1-4-5-6-7-8-13(2)19-16(18)14-9-11-15(17-3)12-10-14/h9-13H,4-8H2,1-2H3/t13-/m0/s1. The number of benzene rings is 1. The maximum absolute atomic E-state index is 11.8. The number of carbonyl (C=O) groups excluding carboxylic acids is 1. The number of carbonyl (C=O) groups is 1. The van der Waals surface area contributed by atoms with Crippen LogP contribution >= 0.6 is 0 Å². The molecule has 1 aromatic rings. The fourth-order valence-electron chi connectivity index (χ4n) is 1.84. The molecule has 3 nitrogen and oxygen atoms in total. The highest BCUT2D eigenvalue weighted by atomic mass is 16.5. The Morgan fingerprint density at radius 3 is 2.53 bits per heavy atom. The Kier molecular flexibility index (Phi) is 6.67. The second-order valence-corrected chi connectivity index (χ2v) is 4.72. The highest BCUT2D eigenvalue weighted by Crippen LogP contribution is 2.15. The van der Waals surface area contributed by atoms with Crippen LogP contribution in [0.1, 0.15) is 56.3 Å². The van der Waals surface area contributed by atoms with Gasteiger partial charge in [0.2, 0.25) is 0 Å². The molecule has 0 aliphatic carbocycles. The van der Waals surface area contributed by atoms with Crippen LogP contribution in [-0.2, 0) is 4.74 Å². The van der Waals surface area contributed by atoms with E-state index in [0.29, 0.717) is 11.3 Å². The second-order valence-electron chi connectivity index (χ2n) is 4.72. The Morgan fingerprint density at radius 2 is 1.95 bits per heavy atom. The molecule has 3 heteroatoms. The Morgan fingerprint density at radius 1 is 1.26 bits per heavy atom. The lowest BCUT2D eigenvalue weighted by atomic mass is 10.1. The molecular weight excluding hydrogens is 238 g/mol. The molecule has 19 heavy (non-hydrogen) atoms. The topological polar surface area (TPSA) is 30.7 Å². The van der Waals surface area contributed by atoms with Crippen LogP contribution in [0.5, 0.6) is 0 Å². The first kappa shape index (κ1) is 15.2. The van der Waals surface area contributed by atoms with Gasteiger partial charge in [-0.3, -0.25) is 0 Å². The third-order valence-electron chi connectivity index (χ3n) is 3.00. The fraction of sp³-hybridized carbons (Fsp3) is 0.500. The van der Waals surface area contributed by atoms with E-state index >= 15 is 0 Å². The van der Waals surface area contributed by atoms with Crippen molar-refractivity contribution >= 4 is 11.7 Å². The molecule has 0 aliphatic heterocycles. The second kappa shape index (κ2) is 8.31. The van der Waals surface area contributed by atoms with Crippen LogP contribution in [0.4, 0.5) is 5.69 Å². The maximum Gasteiger partial charge on any atom is 0.338 e. The minimum Gasteiger partial charge on any atom is -0.459 e. The highest BCUT2D eigenvalue weighted by Gasteiger charge is 2.11. The molecule has 0 saturated carbocycles. The molecule has 0 N–H and O–H groups in total. The summed E-state index contributed by atoms with van der Waals surface area (Å²) in [4.78, 5) is 15.1. The summed E-state index contributed by atoms with van der Waals surface area (Å²) in [7, 11) is 0. The molecule has 1 atom stereocenters. The summed E-state index contributed by atoms with van der Waals surface area (Å²) in [5.41, 5.74) is 1.04. The van der Waals surface area contributed by atoms with Crippen molar-refractivity contribution in [2.75, 3.05) is 0 Å². The van der Waals surface area contributed by atoms with Crippen molar-refractivity contribution in [2.24, 2.45) is 0 Å². The van der Waals surface area contributed by atoms with Crippen molar-refractivity contribution < 1.29 is 9.53 Å². The van der Waals surface area contributed by atoms with Gasteiger partial charge in [-0.25, -0.2) is 9.64 Å². The lowest BCUT2D eigenvalue weighted by Crippen LogP contribution is -2.14. The van der Waals surface area contributed by atoms with Crippen LogP contribution in [0, 0.1) is 6.57 Å². The van der Waals surface area contributed by atoms with Gasteiger partial charge in [0.15, 0.2) is 5.69 Å². The zero-order valence-electron chi connectivity index (χ0n) is 11.7. The van der Waals surface area contributed by atoms with Gasteiger partial charge in [-0.15, -0.1) is 0 Å². The molecule has 0 heterocycles. The van der Waals surface area contributed by atoms with Crippen LogP contribution in [0.3, 0.4) is 0 Å². The quantitative estimate of drug-likeness (QED) is 0.402. The summed E-state index contributed by atoms with van der Waals surface area (Å²) in [6.45, 7) is 11.0. The predicted octanol–water partition coefficient (Wildman–Crippen LogP) is 4.75. The third kappa shape index (κ3) is 5.56. The van der Waals surface area contributed by atoms with Gasteiger partial charge < -0.3 is 4.74 Å². The number of esters is 1. The van der Waals surface area contributed by atoms with E-state index in [-0.39, 0.29) is 12.1 Å². The molecule has 0 spiro atoms. The lowest BCUT2D eigenvalue weighted by Gasteiger charge is -2.13. The molecular formula is C16H21NO2. The molecule has 0 aromatic heterocycles. The van der Waals surface area contributed by atoms with Gasteiger partial charge in [0.25, 0.3) is 0 Å². The highest BCUT2D eigenvalue weighted by molar-refractivity contribution is 5.89. The van der Waals surface area contributed by atoms with E-state index in [1.165, 1.54) is 19.3 Å². The van der Waals surface area contributed by atoms with E-state index in [2.05, 4.69) is 11.8 Å². The van der Waals surface area contributed by atoms with Crippen molar-refractivity contribution in [3.63, 3.8) is 0 Å². The van der Waals surface area contributed by atoms with Crippen LogP contribution < -0.4 is 0 Å². The lowest BCUT2D eigenvalue weighted by molar-refractivity contribution is 0.0319. The van der Waals surface area contributed by atoms with Crippen molar-refractivity contribution in [2.45, 2.75) is 52.1 Å². The van der Waals surface area contributed by atoms with Crippen LogP contribution in [0.15, 0.2) is 24.3 Å². The maximum atomic E-state index is 11.8. The first-order chi connectivity index (χ1) is 9.17. The zero-order chi connectivity index (χ0) is 14.1. The molecule has 102 valence electrons. The van der Waals surface area contributed by atoms with E-state index in [4.69, 9.17) is 11.3 Å². The van der Waals surface area contributed by atoms with Crippen LogP contribution in [-0.4, -0.2) is 12.1 Å². The van der Waals surface area contributed by atoms with Gasteiger partial charge in [0.1, 0.15) is 0 Å². The molecule has 1 aromatic carbocycles. The van der Waals surface area contributed by atoms with Gasteiger partial charge in [-0.1, -0.05) is 50.5 Å². The average molecular weight is 259 g/mol. The molecule has 0 amide bonds. The van der Waals surface area contributed by atoms with E-state index in [0.717, 1.165) is 12.8 Å². The summed E-state index contributed by atoms with van der Waals surface area (Å²) < 4.78 is 5.37. The summed E-state index contributed by atoms with van der Waals surface area (Å²) in [6.07, 6.45) is 5.59. The van der Waals surface area contributed by atoms with Crippen molar-refractivity contribution in [1.29, 1.82) is 0 Å². The number of rotatable bonds is 7. The van der Waals surface area contributed by atoms with Crippen molar-refractivity contribution in [3.05, 3.63) is 41.2 Å². The van der Waals surface area contributed by atoms with Gasteiger partial charge in [-0.05, 0) is 19.8 Å². The third-order valence-corrected chi connectivity index (χ3v) is 3.00. The molecule has 0 bridgehead atoms. The summed E-state index contributed by atoms with van der Waals surface area (Å²) >= 11 is 0. The van der Waals surface area contributed by atoms with Crippen molar-refractivity contribution in [3.8, 4) is 0 Å². The van der Waals surface area contributed by atoms with Gasteiger partial charge in [-0.2, -0.15) is 0 Å². The Labute approximate surface area is 115 Å². The minimum atomic E-state index is -0.306. The van der Waals surface area contributed by atoms with Crippen molar-refractivity contribution in [1.82, 2.24) is 0 Å². The van der Waals surface area contributed by atoms with E-state index in [1.807, 2.05) is 6.92 Å². The summed E-state index contributed by atoms with van der Waals surface area (Å²) in [6, 6.07) is 6.55. The number of unbranched alkanes of at least 4 members (excludes halogenated alkanes) is 3. The Hall–Kier alpha value is -1.82. The molecule has 0 aliphatic rings. The van der Waals surface area contributed by atoms with Crippen LogP contribution in [0.25, 0.3) is 4.85 Å². The molecule has 0 saturated heterocycles. The molecule has 0 radical (unpaired) electrons. The van der Waals surface area contributed by atoms with Gasteiger partial charge in [0.05, 0.1) is 18.2 Å². The zero-order valence-corrected chi connectivity index (χ0v) is 11.7. The first-order valence-electron chi connectivity index (χ1n) is 6.86. The van der Waals surface area contributed by atoms with Gasteiger partial charge >= 0.3 is 5.97 Å². The number of hydrogen-bond donors (Lipinski definition) is 0. The Bertz CT molecular complexity index is 431. The molecule has 0 unspecified atom stereocenters. The van der Waals surface area contributed by atoms with Gasteiger partial charge in [0, 0.05) is 0 Å². The normalized spacial score (nSPS) is 11.6. The SMILES string of the molecule is [C-]#[N+]c1ccc(C(=O)O[C@@H](C)CCCCCC)cc1. The summed E-state index contributed by atoms with van der Waals surface area (Å²) in [5.74, 6) is -0.306. The number of hydrogen-bond acceptors (Lipinski definition) is 2.